The fourth-order valence-corrected chi connectivity index (χ4v) is 3.08. The van der Waals surface area contributed by atoms with E-state index in [1.165, 1.54) is 6.42 Å². The molecule has 1 aromatic heterocycles. The van der Waals surface area contributed by atoms with Crippen LogP contribution in [0.2, 0.25) is 0 Å². The standard InChI is InChI=1S/C13H21N3OS/c14-11-5-3-1-2-4-10(11)13(17)16-7-6-12-15-8-9-18-12/h8-11H,1-7,14H2,(H,16,17). The summed E-state index contributed by atoms with van der Waals surface area (Å²) in [7, 11) is 0. The van der Waals surface area contributed by atoms with Crippen molar-refractivity contribution in [3.05, 3.63) is 16.6 Å². The summed E-state index contributed by atoms with van der Waals surface area (Å²) in [6.07, 6.45) is 8.00. The van der Waals surface area contributed by atoms with Gasteiger partial charge in [-0.3, -0.25) is 4.79 Å². The molecule has 0 saturated heterocycles. The van der Waals surface area contributed by atoms with E-state index < -0.39 is 0 Å². The molecule has 2 rings (SSSR count). The average Bonchev–Trinajstić information content (AvgIpc) is 2.77. The highest BCUT2D eigenvalue weighted by molar-refractivity contribution is 7.09. The summed E-state index contributed by atoms with van der Waals surface area (Å²) in [6.45, 7) is 0.662. The minimum absolute atomic E-state index is 0.00351. The Bertz CT molecular complexity index is 366. The van der Waals surface area contributed by atoms with E-state index in [0.29, 0.717) is 6.54 Å². The van der Waals surface area contributed by atoms with Crippen LogP contribution in [0.3, 0.4) is 0 Å². The number of hydrogen-bond donors (Lipinski definition) is 2. The number of hydrogen-bond acceptors (Lipinski definition) is 4. The molecule has 18 heavy (non-hydrogen) atoms. The van der Waals surface area contributed by atoms with Crippen molar-refractivity contribution in [2.24, 2.45) is 11.7 Å². The summed E-state index contributed by atoms with van der Waals surface area (Å²) in [4.78, 5) is 16.3. The molecule has 0 bridgehead atoms. The number of nitrogens with zero attached hydrogens (tertiary/aromatic N) is 1. The van der Waals surface area contributed by atoms with Crippen molar-refractivity contribution in [1.82, 2.24) is 10.3 Å². The Morgan fingerprint density at radius 2 is 2.28 bits per heavy atom. The predicted molar refractivity (Wildman–Crippen MR) is 73.4 cm³/mol. The van der Waals surface area contributed by atoms with Crippen LogP contribution in [0.4, 0.5) is 0 Å². The van der Waals surface area contributed by atoms with Gasteiger partial charge in [0.25, 0.3) is 0 Å². The molecule has 1 saturated carbocycles. The molecule has 0 aliphatic heterocycles. The molecular formula is C13H21N3OS. The van der Waals surface area contributed by atoms with Gasteiger partial charge in [0, 0.05) is 30.6 Å². The number of rotatable bonds is 4. The second kappa shape index (κ2) is 6.85. The fourth-order valence-electron chi connectivity index (χ4n) is 2.46. The van der Waals surface area contributed by atoms with E-state index in [1.807, 2.05) is 5.38 Å². The number of nitrogens with two attached hydrogens (primary N) is 1. The predicted octanol–water partition coefficient (Wildman–Crippen LogP) is 1.71. The van der Waals surface area contributed by atoms with E-state index in [9.17, 15) is 4.79 Å². The van der Waals surface area contributed by atoms with Crippen LogP contribution in [0, 0.1) is 5.92 Å². The highest BCUT2D eigenvalue weighted by atomic mass is 32.1. The number of thiazole rings is 1. The van der Waals surface area contributed by atoms with Crippen molar-refractivity contribution < 1.29 is 4.79 Å². The molecule has 1 aliphatic carbocycles. The second-order valence-corrected chi connectivity index (χ2v) is 5.85. The summed E-state index contributed by atoms with van der Waals surface area (Å²) in [5.74, 6) is 0.129. The molecular weight excluding hydrogens is 246 g/mol. The maximum Gasteiger partial charge on any atom is 0.224 e. The Kier molecular flexibility index (Phi) is 5.13. The van der Waals surface area contributed by atoms with Crippen LogP contribution >= 0.6 is 11.3 Å². The molecule has 1 heterocycles. The van der Waals surface area contributed by atoms with Crippen LogP contribution in [0.25, 0.3) is 0 Å². The van der Waals surface area contributed by atoms with Crippen molar-refractivity contribution >= 4 is 17.2 Å². The fraction of sp³-hybridized carbons (Fsp3) is 0.692. The normalized spacial score (nSPS) is 24.5. The maximum atomic E-state index is 12.1. The van der Waals surface area contributed by atoms with E-state index >= 15 is 0 Å². The van der Waals surface area contributed by atoms with Gasteiger partial charge in [-0.25, -0.2) is 4.98 Å². The number of amides is 1. The smallest absolute Gasteiger partial charge is 0.224 e. The SMILES string of the molecule is NC1CCCCCC1C(=O)NCCc1nccs1. The molecule has 0 spiro atoms. The summed E-state index contributed by atoms with van der Waals surface area (Å²) in [6, 6.07) is 0.0346. The van der Waals surface area contributed by atoms with E-state index in [1.54, 1.807) is 17.5 Å². The Balaban J connectivity index is 1.76. The Hall–Kier alpha value is -0.940. The van der Waals surface area contributed by atoms with Crippen molar-refractivity contribution in [2.45, 2.75) is 44.6 Å². The molecule has 2 unspecified atom stereocenters. The Morgan fingerprint density at radius 1 is 1.44 bits per heavy atom. The molecule has 5 heteroatoms. The molecule has 100 valence electrons. The largest absolute Gasteiger partial charge is 0.355 e. The zero-order valence-electron chi connectivity index (χ0n) is 10.6. The van der Waals surface area contributed by atoms with Gasteiger partial charge in [0.05, 0.1) is 10.9 Å². The van der Waals surface area contributed by atoms with Gasteiger partial charge in [0.2, 0.25) is 5.91 Å². The molecule has 2 atom stereocenters. The molecule has 1 fully saturated rings. The number of carbonyl (C=O) groups is 1. The first kappa shape index (κ1) is 13.5. The zero-order valence-corrected chi connectivity index (χ0v) is 11.4. The number of aromatic nitrogens is 1. The quantitative estimate of drug-likeness (QED) is 0.816. The molecule has 1 aliphatic rings. The topological polar surface area (TPSA) is 68.0 Å². The zero-order chi connectivity index (χ0) is 12.8. The van der Waals surface area contributed by atoms with Crippen molar-refractivity contribution in [3.8, 4) is 0 Å². The van der Waals surface area contributed by atoms with Gasteiger partial charge in [0.1, 0.15) is 0 Å². The molecule has 1 aromatic rings. The van der Waals surface area contributed by atoms with E-state index in [0.717, 1.165) is 37.1 Å². The first-order valence-corrected chi connectivity index (χ1v) is 7.57. The molecule has 3 N–H and O–H groups in total. The Labute approximate surface area is 112 Å². The van der Waals surface area contributed by atoms with Crippen LogP contribution in [0.15, 0.2) is 11.6 Å². The van der Waals surface area contributed by atoms with Gasteiger partial charge in [-0.1, -0.05) is 19.3 Å². The van der Waals surface area contributed by atoms with Gasteiger partial charge in [0.15, 0.2) is 0 Å². The molecule has 4 nitrogen and oxygen atoms in total. The summed E-state index contributed by atoms with van der Waals surface area (Å²) in [5.41, 5.74) is 6.08. The highest BCUT2D eigenvalue weighted by Gasteiger charge is 2.26. The highest BCUT2D eigenvalue weighted by Crippen LogP contribution is 2.22. The van der Waals surface area contributed by atoms with Crippen molar-refractivity contribution in [1.29, 1.82) is 0 Å². The lowest BCUT2D eigenvalue weighted by Gasteiger charge is -2.20. The lowest BCUT2D eigenvalue weighted by Crippen LogP contribution is -2.41. The van der Waals surface area contributed by atoms with Gasteiger partial charge in [-0.2, -0.15) is 0 Å². The van der Waals surface area contributed by atoms with Crippen molar-refractivity contribution in [3.63, 3.8) is 0 Å². The first-order chi connectivity index (χ1) is 8.77. The molecule has 0 aromatic carbocycles. The minimum atomic E-state index is 0.00351. The maximum absolute atomic E-state index is 12.1. The van der Waals surface area contributed by atoms with Gasteiger partial charge < -0.3 is 11.1 Å². The molecule has 0 radical (unpaired) electrons. The van der Waals surface area contributed by atoms with Crippen LogP contribution < -0.4 is 11.1 Å². The third-order valence-electron chi connectivity index (χ3n) is 3.53. The monoisotopic (exact) mass is 267 g/mol. The first-order valence-electron chi connectivity index (χ1n) is 6.69. The van der Waals surface area contributed by atoms with Gasteiger partial charge >= 0.3 is 0 Å². The van der Waals surface area contributed by atoms with Gasteiger partial charge in [-0.05, 0) is 12.8 Å². The summed E-state index contributed by atoms with van der Waals surface area (Å²) < 4.78 is 0. The van der Waals surface area contributed by atoms with E-state index in [-0.39, 0.29) is 17.9 Å². The van der Waals surface area contributed by atoms with Crippen LogP contribution in [-0.4, -0.2) is 23.5 Å². The average molecular weight is 267 g/mol. The Morgan fingerprint density at radius 3 is 3.06 bits per heavy atom. The minimum Gasteiger partial charge on any atom is -0.355 e. The molecule has 1 amide bonds. The van der Waals surface area contributed by atoms with Crippen molar-refractivity contribution in [2.75, 3.05) is 6.54 Å². The number of carbonyl (C=O) groups excluding carboxylic acids is 1. The third kappa shape index (κ3) is 3.78. The van der Waals surface area contributed by atoms with Gasteiger partial charge in [-0.15, -0.1) is 11.3 Å². The van der Waals surface area contributed by atoms with Crippen LogP contribution in [-0.2, 0) is 11.2 Å². The van der Waals surface area contributed by atoms with Crippen LogP contribution in [0.1, 0.15) is 37.1 Å². The second-order valence-electron chi connectivity index (χ2n) is 4.88. The number of nitrogens with one attached hydrogen (secondary N) is 1. The summed E-state index contributed by atoms with van der Waals surface area (Å²) in [5, 5.41) is 6.02. The lowest BCUT2D eigenvalue weighted by atomic mass is 9.94. The van der Waals surface area contributed by atoms with Crippen LogP contribution in [0.5, 0.6) is 0 Å². The van der Waals surface area contributed by atoms with E-state index in [2.05, 4.69) is 10.3 Å². The lowest BCUT2D eigenvalue weighted by molar-refractivity contribution is -0.125. The third-order valence-corrected chi connectivity index (χ3v) is 4.37. The summed E-state index contributed by atoms with van der Waals surface area (Å²) >= 11 is 1.63. The van der Waals surface area contributed by atoms with E-state index in [4.69, 9.17) is 5.73 Å².